The Balaban J connectivity index is 1.68. The van der Waals surface area contributed by atoms with Gasteiger partial charge in [-0.25, -0.2) is 0 Å². The van der Waals surface area contributed by atoms with Gasteiger partial charge in [0.05, 0.1) is 6.42 Å². The summed E-state index contributed by atoms with van der Waals surface area (Å²) >= 11 is 0. The van der Waals surface area contributed by atoms with Gasteiger partial charge in [-0.1, -0.05) is 103 Å². The van der Waals surface area contributed by atoms with Gasteiger partial charge in [-0.2, -0.15) is 0 Å². The van der Waals surface area contributed by atoms with Crippen molar-refractivity contribution in [3.63, 3.8) is 0 Å². The highest BCUT2D eigenvalue weighted by molar-refractivity contribution is 5.70. The van der Waals surface area contributed by atoms with Crippen LogP contribution in [0.4, 0.5) is 0 Å². The smallest absolute Gasteiger partial charge is 0.307 e. The van der Waals surface area contributed by atoms with Crippen LogP contribution < -0.4 is 0 Å². The first kappa shape index (κ1) is 29.8. The summed E-state index contributed by atoms with van der Waals surface area (Å²) in [4.78, 5) is 18.5. The lowest BCUT2D eigenvalue weighted by Crippen LogP contribution is -2.46. The summed E-state index contributed by atoms with van der Waals surface area (Å²) in [6.45, 7) is 12.2. The first-order valence-corrected chi connectivity index (χ1v) is 14.7. The molecule has 40 heavy (non-hydrogen) atoms. The molecule has 1 aliphatic rings. The molecule has 0 radical (unpaired) electrons. The molecular formula is C36H46N2O2. The summed E-state index contributed by atoms with van der Waals surface area (Å²) in [6.07, 6.45) is 6.90. The summed E-state index contributed by atoms with van der Waals surface area (Å²) in [5, 5.41) is 0. The zero-order chi connectivity index (χ0) is 28.5. The third-order valence-electron chi connectivity index (χ3n) is 7.91. The third-order valence-corrected chi connectivity index (χ3v) is 7.91. The molecule has 0 aromatic heterocycles. The van der Waals surface area contributed by atoms with Crippen LogP contribution >= 0.6 is 0 Å². The molecular weight excluding hydrogens is 492 g/mol. The summed E-state index contributed by atoms with van der Waals surface area (Å²) in [6, 6.07) is 32.6. The molecule has 4 rings (SSSR count). The van der Waals surface area contributed by atoms with Gasteiger partial charge in [0.1, 0.15) is 5.60 Å². The topological polar surface area (TPSA) is 32.8 Å². The Morgan fingerprint density at radius 2 is 1.48 bits per heavy atom. The molecule has 0 saturated heterocycles. The Labute approximate surface area is 241 Å². The maximum atomic E-state index is 13.4. The van der Waals surface area contributed by atoms with E-state index in [-0.39, 0.29) is 30.1 Å². The van der Waals surface area contributed by atoms with Crippen molar-refractivity contribution >= 4 is 5.97 Å². The molecule has 3 aromatic carbocycles. The lowest BCUT2D eigenvalue weighted by Gasteiger charge is -2.43. The zero-order valence-electron chi connectivity index (χ0n) is 24.9. The minimum atomic E-state index is -0.518. The van der Waals surface area contributed by atoms with E-state index in [1.54, 1.807) is 0 Å². The van der Waals surface area contributed by atoms with Crippen molar-refractivity contribution in [2.75, 3.05) is 6.54 Å². The van der Waals surface area contributed by atoms with Crippen molar-refractivity contribution < 1.29 is 9.53 Å². The average Bonchev–Trinajstić information content (AvgIpc) is 2.95. The molecule has 0 aliphatic carbocycles. The molecule has 1 aliphatic heterocycles. The zero-order valence-corrected chi connectivity index (χ0v) is 24.9. The summed E-state index contributed by atoms with van der Waals surface area (Å²) in [5.74, 6) is -0.140. The number of benzene rings is 3. The molecule has 212 valence electrons. The fourth-order valence-corrected chi connectivity index (χ4v) is 5.86. The highest BCUT2D eigenvalue weighted by Gasteiger charge is 2.34. The second-order valence-corrected chi connectivity index (χ2v) is 12.0. The molecule has 0 saturated carbocycles. The van der Waals surface area contributed by atoms with Gasteiger partial charge in [-0.3, -0.25) is 14.6 Å². The van der Waals surface area contributed by atoms with E-state index in [0.717, 1.165) is 25.9 Å². The van der Waals surface area contributed by atoms with Gasteiger partial charge in [0, 0.05) is 37.3 Å². The van der Waals surface area contributed by atoms with Crippen LogP contribution in [0.15, 0.2) is 103 Å². The van der Waals surface area contributed by atoms with Gasteiger partial charge in [0.15, 0.2) is 0 Å². The molecule has 0 spiro atoms. The predicted molar refractivity (Wildman–Crippen MR) is 165 cm³/mol. The quantitative estimate of drug-likeness (QED) is 0.182. The standard InChI is InChI=1S/C36H46N2O2/c1-28(31-19-11-7-12-20-31)37-24-16-15-23-33(37)25-34(26-35(39)40-36(3,4)5)38(27-30-17-9-6-10-18-30)29(2)32-21-13-8-14-22-32/h6-15,17-23,28-29,33-34H,16,24-27H2,1-5H3/t28-,29+,33-,34+/m1/s1. The number of rotatable bonds is 11. The second kappa shape index (κ2) is 13.9. The van der Waals surface area contributed by atoms with Crippen molar-refractivity contribution in [3.8, 4) is 0 Å². The summed E-state index contributed by atoms with van der Waals surface area (Å²) in [7, 11) is 0. The van der Waals surface area contributed by atoms with E-state index in [4.69, 9.17) is 4.74 Å². The van der Waals surface area contributed by atoms with Gasteiger partial charge in [0.25, 0.3) is 0 Å². The number of carbonyl (C=O) groups excluding carboxylic acids is 1. The molecule has 0 N–H and O–H groups in total. The van der Waals surface area contributed by atoms with E-state index in [0.29, 0.717) is 6.42 Å². The van der Waals surface area contributed by atoms with Crippen molar-refractivity contribution in [1.29, 1.82) is 0 Å². The predicted octanol–water partition coefficient (Wildman–Crippen LogP) is 8.13. The maximum Gasteiger partial charge on any atom is 0.307 e. The second-order valence-electron chi connectivity index (χ2n) is 12.0. The number of hydrogen-bond donors (Lipinski definition) is 0. The SMILES string of the molecule is C[C@H](c1ccccc1)N1CCC=C[C@@H]1C[C@@H](CC(=O)OC(C)(C)C)N(Cc1ccccc1)[C@@H](C)c1ccccc1. The molecule has 4 atom stereocenters. The molecule has 3 aromatic rings. The largest absolute Gasteiger partial charge is 0.460 e. The van der Waals surface area contributed by atoms with Crippen LogP contribution in [-0.2, 0) is 16.1 Å². The Hall–Kier alpha value is -3.21. The monoisotopic (exact) mass is 538 g/mol. The number of carbonyl (C=O) groups is 1. The van der Waals surface area contributed by atoms with Gasteiger partial charge in [-0.05, 0) is 64.2 Å². The molecule has 1 heterocycles. The number of ether oxygens (including phenoxy) is 1. The minimum Gasteiger partial charge on any atom is -0.460 e. The molecule has 4 nitrogen and oxygen atoms in total. The Bertz CT molecular complexity index is 1200. The van der Waals surface area contributed by atoms with E-state index in [1.807, 2.05) is 20.8 Å². The van der Waals surface area contributed by atoms with Crippen LogP contribution in [0.2, 0.25) is 0 Å². The summed E-state index contributed by atoms with van der Waals surface area (Å²) in [5.41, 5.74) is 3.30. The van der Waals surface area contributed by atoms with Gasteiger partial charge in [-0.15, -0.1) is 0 Å². The Morgan fingerprint density at radius 3 is 2.08 bits per heavy atom. The van der Waals surface area contributed by atoms with Crippen LogP contribution in [-0.4, -0.2) is 40.0 Å². The minimum absolute atomic E-state index is 0.0107. The van der Waals surface area contributed by atoms with E-state index in [2.05, 4.69) is 127 Å². The Kier molecular flexibility index (Phi) is 10.4. The lowest BCUT2D eigenvalue weighted by molar-refractivity contribution is -0.156. The van der Waals surface area contributed by atoms with Crippen LogP contribution in [0.1, 0.15) is 82.7 Å². The van der Waals surface area contributed by atoms with Crippen molar-refractivity contribution in [1.82, 2.24) is 9.80 Å². The number of nitrogens with zero attached hydrogens (tertiary/aromatic N) is 2. The van der Waals surface area contributed by atoms with Crippen molar-refractivity contribution in [2.45, 2.75) is 90.2 Å². The molecule has 4 heteroatoms. The van der Waals surface area contributed by atoms with Crippen molar-refractivity contribution in [2.24, 2.45) is 0 Å². The van der Waals surface area contributed by atoms with E-state index in [1.165, 1.54) is 16.7 Å². The van der Waals surface area contributed by atoms with E-state index >= 15 is 0 Å². The molecule has 0 amide bonds. The summed E-state index contributed by atoms with van der Waals surface area (Å²) < 4.78 is 5.89. The first-order chi connectivity index (χ1) is 19.2. The fraction of sp³-hybridized carbons (Fsp3) is 0.417. The normalized spacial score (nSPS) is 18.3. The maximum absolute atomic E-state index is 13.4. The molecule has 0 unspecified atom stereocenters. The lowest BCUT2D eigenvalue weighted by atomic mass is 9.93. The van der Waals surface area contributed by atoms with Gasteiger partial charge >= 0.3 is 5.97 Å². The highest BCUT2D eigenvalue weighted by Crippen LogP contribution is 2.33. The first-order valence-electron chi connectivity index (χ1n) is 14.7. The van der Waals surface area contributed by atoms with Gasteiger partial charge in [0.2, 0.25) is 0 Å². The van der Waals surface area contributed by atoms with Gasteiger partial charge < -0.3 is 4.74 Å². The van der Waals surface area contributed by atoms with Crippen LogP contribution in [0.25, 0.3) is 0 Å². The Morgan fingerprint density at radius 1 is 0.900 bits per heavy atom. The van der Waals surface area contributed by atoms with E-state index in [9.17, 15) is 4.79 Å². The highest BCUT2D eigenvalue weighted by atomic mass is 16.6. The van der Waals surface area contributed by atoms with Crippen LogP contribution in [0.5, 0.6) is 0 Å². The third kappa shape index (κ3) is 8.39. The fourth-order valence-electron chi connectivity index (χ4n) is 5.86. The number of hydrogen-bond acceptors (Lipinski definition) is 4. The molecule has 0 fully saturated rings. The van der Waals surface area contributed by atoms with Crippen molar-refractivity contribution in [3.05, 3.63) is 120 Å². The molecule has 0 bridgehead atoms. The van der Waals surface area contributed by atoms with Crippen LogP contribution in [0, 0.1) is 0 Å². The van der Waals surface area contributed by atoms with E-state index < -0.39 is 5.60 Å². The number of esters is 1. The van der Waals surface area contributed by atoms with Crippen LogP contribution in [0.3, 0.4) is 0 Å². The average molecular weight is 539 g/mol.